The number of benzene rings is 1. The van der Waals surface area contributed by atoms with Crippen molar-refractivity contribution in [2.24, 2.45) is 0 Å². The predicted octanol–water partition coefficient (Wildman–Crippen LogP) is 3.28. The fraction of sp³-hybridized carbons (Fsp3) is 0.350. The molecule has 1 aliphatic rings. The summed E-state index contributed by atoms with van der Waals surface area (Å²) in [6, 6.07) is 10.5. The number of piperazine rings is 1. The van der Waals surface area contributed by atoms with Crippen molar-refractivity contribution in [3.8, 4) is 0 Å². The van der Waals surface area contributed by atoms with Gasteiger partial charge in [0.1, 0.15) is 5.82 Å². The quantitative estimate of drug-likeness (QED) is 0.548. The summed E-state index contributed by atoms with van der Waals surface area (Å²) in [6.07, 6.45) is 0. The maximum absolute atomic E-state index is 4.96. The van der Waals surface area contributed by atoms with E-state index in [2.05, 4.69) is 62.5 Å². The van der Waals surface area contributed by atoms with Crippen LogP contribution in [0.1, 0.15) is 16.4 Å². The van der Waals surface area contributed by atoms with Gasteiger partial charge in [-0.25, -0.2) is 14.5 Å². The van der Waals surface area contributed by atoms with E-state index in [1.54, 1.807) is 11.3 Å². The Hall–Kier alpha value is -2.51. The third-order valence-corrected chi connectivity index (χ3v) is 5.95. The molecule has 5 rings (SSSR count). The highest BCUT2D eigenvalue weighted by molar-refractivity contribution is 7.09. The number of anilines is 1. The van der Waals surface area contributed by atoms with Gasteiger partial charge < -0.3 is 4.90 Å². The molecule has 0 unspecified atom stereocenters. The van der Waals surface area contributed by atoms with E-state index in [0.29, 0.717) is 0 Å². The van der Waals surface area contributed by atoms with Crippen LogP contribution in [0.3, 0.4) is 0 Å². The van der Waals surface area contributed by atoms with Crippen molar-refractivity contribution in [2.45, 2.75) is 20.4 Å². The predicted molar refractivity (Wildman–Crippen MR) is 110 cm³/mol. The second kappa shape index (κ2) is 6.58. The summed E-state index contributed by atoms with van der Waals surface area (Å²) in [6.45, 7) is 9.02. The number of hydrogen-bond donors (Lipinski definition) is 0. The minimum Gasteiger partial charge on any atom is -0.353 e. The highest BCUT2D eigenvalue weighted by Crippen LogP contribution is 2.27. The van der Waals surface area contributed by atoms with Crippen molar-refractivity contribution in [1.82, 2.24) is 24.5 Å². The molecule has 0 bridgehead atoms. The zero-order valence-electron chi connectivity index (χ0n) is 15.6. The lowest BCUT2D eigenvalue weighted by molar-refractivity contribution is 0.247. The van der Waals surface area contributed by atoms with E-state index in [1.807, 2.05) is 11.4 Å². The SMILES string of the molecule is Cc1cc2nc(N3CCN(Cc4csc(C)n4)CC3)c3ccccc3n2n1. The van der Waals surface area contributed by atoms with Crippen LogP contribution in [0.25, 0.3) is 16.6 Å². The van der Waals surface area contributed by atoms with Crippen LogP contribution in [0.15, 0.2) is 35.7 Å². The molecule has 3 aromatic heterocycles. The minimum atomic E-state index is 0.918. The first-order valence-corrected chi connectivity index (χ1v) is 10.2. The molecule has 1 saturated heterocycles. The molecule has 138 valence electrons. The van der Waals surface area contributed by atoms with Crippen LogP contribution in [0.4, 0.5) is 5.82 Å². The monoisotopic (exact) mass is 378 g/mol. The Labute approximate surface area is 162 Å². The number of para-hydroxylation sites is 1. The molecule has 0 N–H and O–H groups in total. The van der Waals surface area contributed by atoms with Crippen molar-refractivity contribution < 1.29 is 0 Å². The van der Waals surface area contributed by atoms with Gasteiger partial charge in [-0.3, -0.25) is 4.90 Å². The number of fused-ring (bicyclic) bond motifs is 3. The Morgan fingerprint density at radius 1 is 1.04 bits per heavy atom. The molecule has 7 heteroatoms. The number of thiazole rings is 1. The molecule has 1 aromatic carbocycles. The second-order valence-electron chi connectivity index (χ2n) is 7.13. The van der Waals surface area contributed by atoms with Gasteiger partial charge in [0.15, 0.2) is 5.65 Å². The Bertz CT molecular complexity index is 1110. The molecule has 0 aliphatic carbocycles. The van der Waals surface area contributed by atoms with Crippen molar-refractivity contribution in [3.63, 3.8) is 0 Å². The van der Waals surface area contributed by atoms with Gasteiger partial charge in [0.25, 0.3) is 0 Å². The van der Waals surface area contributed by atoms with E-state index < -0.39 is 0 Å². The Balaban J connectivity index is 1.42. The van der Waals surface area contributed by atoms with Gasteiger partial charge in [0.05, 0.1) is 21.9 Å². The van der Waals surface area contributed by atoms with Gasteiger partial charge in [-0.05, 0) is 26.0 Å². The summed E-state index contributed by atoms with van der Waals surface area (Å²) >= 11 is 1.73. The number of hydrogen-bond acceptors (Lipinski definition) is 6. The van der Waals surface area contributed by atoms with Crippen LogP contribution in [0.5, 0.6) is 0 Å². The van der Waals surface area contributed by atoms with E-state index in [9.17, 15) is 0 Å². The van der Waals surface area contributed by atoms with E-state index in [0.717, 1.165) is 65.8 Å². The van der Waals surface area contributed by atoms with Crippen LogP contribution in [-0.2, 0) is 6.54 Å². The fourth-order valence-corrected chi connectivity index (χ4v) is 4.43. The Morgan fingerprint density at radius 2 is 1.85 bits per heavy atom. The van der Waals surface area contributed by atoms with Crippen molar-refractivity contribution >= 4 is 33.7 Å². The highest BCUT2D eigenvalue weighted by Gasteiger charge is 2.21. The summed E-state index contributed by atoms with van der Waals surface area (Å²) in [4.78, 5) is 14.4. The number of aryl methyl sites for hydroxylation is 2. The van der Waals surface area contributed by atoms with Crippen molar-refractivity contribution in [1.29, 1.82) is 0 Å². The molecule has 4 aromatic rings. The van der Waals surface area contributed by atoms with E-state index in [4.69, 9.17) is 4.98 Å². The number of aromatic nitrogens is 4. The molecular weight excluding hydrogens is 356 g/mol. The summed E-state index contributed by atoms with van der Waals surface area (Å²) in [5, 5.41) is 9.09. The third kappa shape index (κ3) is 3.07. The maximum atomic E-state index is 4.96. The van der Waals surface area contributed by atoms with Gasteiger partial charge in [-0.15, -0.1) is 11.3 Å². The first kappa shape index (κ1) is 16.6. The molecule has 4 heterocycles. The molecule has 6 nitrogen and oxygen atoms in total. The molecule has 1 aliphatic heterocycles. The van der Waals surface area contributed by atoms with Gasteiger partial charge >= 0.3 is 0 Å². The molecular formula is C20H22N6S. The maximum Gasteiger partial charge on any atom is 0.158 e. The fourth-order valence-electron chi connectivity index (χ4n) is 3.83. The lowest BCUT2D eigenvalue weighted by atomic mass is 10.2. The molecule has 0 amide bonds. The standard InChI is InChI=1S/C20H22N6S/c1-14-11-19-22-20(17-5-3-4-6-18(17)26(19)23-14)25-9-7-24(8-10-25)12-16-13-27-15(2)21-16/h3-6,11,13H,7-10,12H2,1-2H3. The average molecular weight is 379 g/mol. The van der Waals surface area contributed by atoms with Crippen LogP contribution in [-0.4, -0.2) is 50.7 Å². The van der Waals surface area contributed by atoms with E-state index >= 15 is 0 Å². The van der Waals surface area contributed by atoms with E-state index in [1.165, 1.54) is 5.69 Å². The van der Waals surface area contributed by atoms with Gasteiger partial charge in [0.2, 0.25) is 0 Å². The van der Waals surface area contributed by atoms with Crippen molar-refractivity contribution in [3.05, 3.63) is 52.1 Å². The van der Waals surface area contributed by atoms with Crippen LogP contribution >= 0.6 is 11.3 Å². The Morgan fingerprint density at radius 3 is 2.63 bits per heavy atom. The topological polar surface area (TPSA) is 49.6 Å². The molecule has 0 saturated carbocycles. The van der Waals surface area contributed by atoms with Crippen LogP contribution in [0, 0.1) is 13.8 Å². The average Bonchev–Trinajstić information content (AvgIpc) is 3.26. The highest BCUT2D eigenvalue weighted by atomic mass is 32.1. The van der Waals surface area contributed by atoms with Crippen LogP contribution in [0.2, 0.25) is 0 Å². The van der Waals surface area contributed by atoms with Gasteiger partial charge in [-0.1, -0.05) is 12.1 Å². The second-order valence-corrected chi connectivity index (χ2v) is 8.19. The van der Waals surface area contributed by atoms with Gasteiger partial charge in [-0.2, -0.15) is 5.10 Å². The molecule has 0 atom stereocenters. The van der Waals surface area contributed by atoms with Crippen LogP contribution < -0.4 is 4.90 Å². The Kier molecular flexibility index (Phi) is 4.06. The summed E-state index contributed by atoms with van der Waals surface area (Å²) in [5.74, 6) is 1.07. The third-order valence-electron chi connectivity index (χ3n) is 5.13. The zero-order valence-corrected chi connectivity index (χ0v) is 16.4. The largest absolute Gasteiger partial charge is 0.353 e. The summed E-state index contributed by atoms with van der Waals surface area (Å²) in [5.41, 5.74) is 4.21. The molecule has 27 heavy (non-hydrogen) atoms. The summed E-state index contributed by atoms with van der Waals surface area (Å²) < 4.78 is 1.95. The van der Waals surface area contributed by atoms with Crippen molar-refractivity contribution in [2.75, 3.05) is 31.1 Å². The molecule has 0 spiro atoms. The first-order chi connectivity index (χ1) is 13.2. The lowest BCUT2D eigenvalue weighted by Crippen LogP contribution is -2.46. The minimum absolute atomic E-state index is 0.918. The number of nitrogens with zero attached hydrogens (tertiary/aromatic N) is 6. The molecule has 0 radical (unpaired) electrons. The van der Waals surface area contributed by atoms with E-state index in [-0.39, 0.29) is 0 Å². The lowest BCUT2D eigenvalue weighted by Gasteiger charge is -2.35. The molecule has 1 fully saturated rings. The number of rotatable bonds is 3. The first-order valence-electron chi connectivity index (χ1n) is 9.31. The summed E-state index contributed by atoms with van der Waals surface area (Å²) in [7, 11) is 0. The zero-order chi connectivity index (χ0) is 18.4. The normalized spacial score (nSPS) is 15.9. The smallest absolute Gasteiger partial charge is 0.158 e. The van der Waals surface area contributed by atoms with Gasteiger partial charge in [0, 0.05) is 49.6 Å².